The molecule has 2 aromatic rings. The van der Waals surface area contributed by atoms with Crippen molar-refractivity contribution in [1.82, 2.24) is 0 Å². The SMILES string of the molecule is CCOc1cccc(NCc2cccc(OC(C)C)c2)c1. The van der Waals surface area contributed by atoms with Gasteiger partial charge >= 0.3 is 0 Å². The van der Waals surface area contributed by atoms with Crippen LogP contribution in [0.15, 0.2) is 48.5 Å². The van der Waals surface area contributed by atoms with Crippen molar-refractivity contribution >= 4 is 5.69 Å². The van der Waals surface area contributed by atoms with Crippen LogP contribution in [0.2, 0.25) is 0 Å². The van der Waals surface area contributed by atoms with E-state index >= 15 is 0 Å². The second-order valence-corrected chi connectivity index (χ2v) is 5.13. The first kappa shape index (κ1) is 15.2. The van der Waals surface area contributed by atoms with Crippen LogP contribution in [0.5, 0.6) is 11.5 Å². The molecule has 0 saturated heterocycles. The quantitative estimate of drug-likeness (QED) is 0.813. The van der Waals surface area contributed by atoms with Crippen LogP contribution in [0.4, 0.5) is 5.69 Å². The predicted molar refractivity (Wildman–Crippen MR) is 87.1 cm³/mol. The highest BCUT2D eigenvalue weighted by atomic mass is 16.5. The van der Waals surface area contributed by atoms with E-state index in [4.69, 9.17) is 9.47 Å². The van der Waals surface area contributed by atoms with Crippen LogP contribution in [0.25, 0.3) is 0 Å². The zero-order valence-electron chi connectivity index (χ0n) is 12.9. The zero-order valence-corrected chi connectivity index (χ0v) is 12.9. The van der Waals surface area contributed by atoms with Crippen LogP contribution in [-0.2, 0) is 6.54 Å². The second kappa shape index (κ2) is 7.58. The standard InChI is InChI=1S/C18H23NO2/c1-4-20-17-9-6-8-16(12-17)19-13-15-7-5-10-18(11-15)21-14(2)3/h5-12,14,19H,4,13H2,1-3H3. The van der Waals surface area contributed by atoms with Crippen molar-refractivity contribution in [3.63, 3.8) is 0 Å². The highest BCUT2D eigenvalue weighted by Crippen LogP contribution is 2.19. The maximum Gasteiger partial charge on any atom is 0.121 e. The Labute approximate surface area is 126 Å². The van der Waals surface area contributed by atoms with E-state index in [1.807, 2.05) is 57.2 Å². The smallest absolute Gasteiger partial charge is 0.121 e. The number of ether oxygens (including phenoxy) is 2. The molecular weight excluding hydrogens is 262 g/mol. The number of nitrogens with one attached hydrogen (secondary N) is 1. The van der Waals surface area contributed by atoms with Crippen molar-refractivity contribution in [3.8, 4) is 11.5 Å². The van der Waals surface area contributed by atoms with Crippen LogP contribution in [0, 0.1) is 0 Å². The number of hydrogen-bond acceptors (Lipinski definition) is 3. The molecule has 0 aliphatic heterocycles. The minimum Gasteiger partial charge on any atom is -0.494 e. The maximum absolute atomic E-state index is 5.71. The van der Waals surface area contributed by atoms with Gasteiger partial charge in [-0.15, -0.1) is 0 Å². The molecule has 3 nitrogen and oxygen atoms in total. The highest BCUT2D eigenvalue weighted by Gasteiger charge is 2.00. The minimum atomic E-state index is 0.191. The topological polar surface area (TPSA) is 30.5 Å². The van der Waals surface area contributed by atoms with Gasteiger partial charge in [0.2, 0.25) is 0 Å². The molecule has 0 radical (unpaired) electrons. The Bertz CT molecular complexity index is 567. The summed E-state index contributed by atoms with van der Waals surface area (Å²) in [5, 5.41) is 3.40. The van der Waals surface area contributed by atoms with Gasteiger partial charge in [-0.3, -0.25) is 0 Å². The van der Waals surface area contributed by atoms with Crippen molar-refractivity contribution in [2.24, 2.45) is 0 Å². The van der Waals surface area contributed by atoms with Gasteiger partial charge < -0.3 is 14.8 Å². The fourth-order valence-corrected chi connectivity index (χ4v) is 2.07. The molecule has 0 saturated carbocycles. The normalized spacial score (nSPS) is 10.5. The van der Waals surface area contributed by atoms with Crippen molar-refractivity contribution in [1.29, 1.82) is 0 Å². The van der Waals surface area contributed by atoms with Gasteiger partial charge in [-0.1, -0.05) is 18.2 Å². The number of anilines is 1. The molecule has 112 valence electrons. The van der Waals surface area contributed by atoms with Crippen molar-refractivity contribution in [3.05, 3.63) is 54.1 Å². The summed E-state index contributed by atoms with van der Waals surface area (Å²) in [6.45, 7) is 7.48. The lowest BCUT2D eigenvalue weighted by molar-refractivity contribution is 0.242. The lowest BCUT2D eigenvalue weighted by Crippen LogP contribution is -2.06. The van der Waals surface area contributed by atoms with Gasteiger partial charge in [0.25, 0.3) is 0 Å². The summed E-state index contributed by atoms with van der Waals surface area (Å²) in [6, 6.07) is 16.2. The lowest BCUT2D eigenvalue weighted by Gasteiger charge is -2.12. The van der Waals surface area contributed by atoms with E-state index in [9.17, 15) is 0 Å². The summed E-state index contributed by atoms with van der Waals surface area (Å²) in [6.07, 6.45) is 0.191. The largest absolute Gasteiger partial charge is 0.494 e. The Hall–Kier alpha value is -2.16. The van der Waals surface area contributed by atoms with Gasteiger partial charge in [-0.05, 0) is 50.6 Å². The summed E-state index contributed by atoms with van der Waals surface area (Å²) in [7, 11) is 0. The zero-order chi connectivity index (χ0) is 15.1. The first-order valence-electron chi connectivity index (χ1n) is 7.39. The number of hydrogen-bond donors (Lipinski definition) is 1. The van der Waals surface area contributed by atoms with Crippen molar-refractivity contribution < 1.29 is 9.47 Å². The third kappa shape index (κ3) is 5.03. The average Bonchev–Trinajstić information content (AvgIpc) is 2.46. The van der Waals surface area contributed by atoms with Gasteiger partial charge in [0.1, 0.15) is 11.5 Å². The molecule has 0 atom stereocenters. The second-order valence-electron chi connectivity index (χ2n) is 5.13. The van der Waals surface area contributed by atoms with E-state index in [0.717, 1.165) is 23.7 Å². The Morgan fingerprint density at radius 2 is 1.76 bits per heavy atom. The van der Waals surface area contributed by atoms with E-state index in [2.05, 4.69) is 17.4 Å². The Morgan fingerprint density at radius 1 is 1.00 bits per heavy atom. The predicted octanol–water partition coefficient (Wildman–Crippen LogP) is 4.48. The first-order valence-corrected chi connectivity index (χ1v) is 7.39. The van der Waals surface area contributed by atoms with Crippen LogP contribution < -0.4 is 14.8 Å². The molecule has 21 heavy (non-hydrogen) atoms. The highest BCUT2D eigenvalue weighted by molar-refractivity contribution is 5.48. The molecule has 2 rings (SSSR count). The van der Waals surface area contributed by atoms with Gasteiger partial charge in [0.05, 0.1) is 12.7 Å². The maximum atomic E-state index is 5.71. The molecule has 0 spiro atoms. The third-order valence-electron chi connectivity index (χ3n) is 2.91. The molecule has 0 heterocycles. The summed E-state index contributed by atoms with van der Waals surface area (Å²) < 4.78 is 11.2. The molecule has 0 amide bonds. The first-order chi connectivity index (χ1) is 10.2. The van der Waals surface area contributed by atoms with E-state index < -0.39 is 0 Å². The Kier molecular flexibility index (Phi) is 5.50. The van der Waals surface area contributed by atoms with Crippen LogP contribution >= 0.6 is 0 Å². The summed E-state index contributed by atoms with van der Waals surface area (Å²) in [5.41, 5.74) is 2.24. The van der Waals surface area contributed by atoms with Gasteiger partial charge in [-0.2, -0.15) is 0 Å². The summed E-state index contributed by atoms with van der Waals surface area (Å²) in [4.78, 5) is 0. The molecule has 3 heteroatoms. The molecule has 1 N–H and O–H groups in total. The number of rotatable bonds is 7. The average molecular weight is 285 g/mol. The number of benzene rings is 2. The lowest BCUT2D eigenvalue weighted by atomic mass is 10.2. The molecular formula is C18H23NO2. The Morgan fingerprint density at radius 3 is 2.52 bits per heavy atom. The van der Waals surface area contributed by atoms with E-state index in [1.54, 1.807) is 0 Å². The summed E-state index contributed by atoms with van der Waals surface area (Å²) >= 11 is 0. The van der Waals surface area contributed by atoms with E-state index in [-0.39, 0.29) is 6.10 Å². The molecule has 0 aromatic heterocycles. The van der Waals surface area contributed by atoms with Gasteiger partial charge in [-0.25, -0.2) is 0 Å². The fraction of sp³-hybridized carbons (Fsp3) is 0.333. The molecule has 0 aliphatic carbocycles. The minimum absolute atomic E-state index is 0.191. The van der Waals surface area contributed by atoms with Crippen LogP contribution in [-0.4, -0.2) is 12.7 Å². The molecule has 0 fully saturated rings. The fourth-order valence-electron chi connectivity index (χ4n) is 2.07. The molecule has 2 aromatic carbocycles. The molecule has 0 aliphatic rings. The third-order valence-corrected chi connectivity index (χ3v) is 2.91. The van der Waals surface area contributed by atoms with Crippen molar-refractivity contribution in [2.75, 3.05) is 11.9 Å². The molecule has 0 bridgehead atoms. The molecule has 0 unspecified atom stereocenters. The van der Waals surface area contributed by atoms with Crippen molar-refractivity contribution in [2.45, 2.75) is 33.4 Å². The Balaban J connectivity index is 1.97. The summed E-state index contributed by atoms with van der Waals surface area (Å²) in [5.74, 6) is 1.80. The van der Waals surface area contributed by atoms with Crippen LogP contribution in [0.1, 0.15) is 26.3 Å². The monoisotopic (exact) mass is 285 g/mol. The van der Waals surface area contributed by atoms with Gasteiger partial charge in [0, 0.05) is 18.3 Å². The van der Waals surface area contributed by atoms with Gasteiger partial charge in [0.15, 0.2) is 0 Å². The van der Waals surface area contributed by atoms with Crippen LogP contribution in [0.3, 0.4) is 0 Å². The van der Waals surface area contributed by atoms with E-state index in [1.165, 1.54) is 5.56 Å². The van der Waals surface area contributed by atoms with E-state index in [0.29, 0.717) is 6.61 Å².